The number of benzene rings is 2. The van der Waals surface area contributed by atoms with Crippen LogP contribution in [-0.2, 0) is 11.1 Å². The van der Waals surface area contributed by atoms with Crippen molar-refractivity contribution < 1.29 is 9.50 Å². The van der Waals surface area contributed by atoms with Gasteiger partial charge in [0, 0.05) is 18.9 Å². The minimum absolute atomic E-state index is 0.105. The smallest absolute Gasteiger partial charge is 0.147 e. The molecule has 0 spiro atoms. The van der Waals surface area contributed by atoms with Crippen molar-refractivity contribution in [2.75, 3.05) is 6.54 Å². The Morgan fingerprint density at radius 3 is 2.42 bits per heavy atom. The Morgan fingerprint density at radius 1 is 1.17 bits per heavy atom. The van der Waals surface area contributed by atoms with Gasteiger partial charge in [0.25, 0.3) is 0 Å². The van der Waals surface area contributed by atoms with Gasteiger partial charge in [-0.25, -0.2) is 4.39 Å². The van der Waals surface area contributed by atoms with Crippen LogP contribution in [0.4, 0.5) is 4.39 Å². The summed E-state index contributed by atoms with van der Waals surface area (Å²) < 4.78 is 14.2. The van der Waals surface area contributed by atoms with Gasteiger partial charge in [0.15, 0.2) is 0 Å². The fourth-order valence-corrected chi connectivity index (χ4v) is 3.69. The zero-order valence-corrected chi connectivity index (χ0v) is 15.0. The van der Waals surface area contributed by atoms with Crippen molar-refractivity contribution in [2.45, 2.75) is 44.2 Å². The monoisotopic (exact) mass is 347 g/mol. The number of hydrogen-bond donors (Lipinski definition) is 2. The van der Waals surface area contributed by atoms with E-state index in [1.165, 1.54) is 11.6 Å². The SMILES string of the molecule is CC(C)(C)c1ccc(C2CNC(O)(c3c(F)cccc3Cl)C2)cc1. The highest BCUT2D eigenvalue weighted by atomic mass is 35.5. The quantitative estimate of drug-likeness (QED) is 0.825. The minimum atomic E-state index is -1.43. The first kappa shape index (κ1) is 17.4. The lowest BCUT2D eigenvalue weighted by Crippen LogP contribution is -2.37. The number of halogens is 2. The van der Waals surface area contributed by atoms with E-state index in [-0.39, 0.29) is 21.9 Å². The number of hydrogen-bond acceptors (Lipinski definition) is 2. The van der Waals surface area contributed by atoms with Crippen molar-refractivity contribution in [3.63, 3.8) is 0 Å². The topological polar surface area (TPSA) is 32.3 Å². The van der Waals surface area contributed by atoms with Gasteiger partial charge >= 0.3 is 0 Å². The maximum Gasteiger partial charge on any atom is 0.147 e. The van der Waals surface area contributed by atoms with E-state index in [9.17, 15) is 9.50 Å². The molecule has 128 valence electrons. The van der Waals surface area contributed by atoms with Crippen LogP contribution in [0.1, 0.15) is 49.8 Å². The first-order valence-corrected chi connectivity index (χ1v) is 8.61. The van der Waals surface area contributed by atoms with Gasteiger partial charge in [0.05, 0.1) is 10.6 Å². The van der Waals surface area contributed by atoms with E-state index in [4.69, 9.17) is 11.6 Å². The molecule has 2 aromatic carbocycles. The lowest BCUT2D eigenvalue weighted by atomic mass is 9.85. The largest absolute Gasteiger partial charge is 0.371 e. The van der Waals surface area contributed by atoms with Crippen LogP contribution in [0.25, 0.3) is 0 Å². The van der Waals surface area contributed by atoms with Crippen LogP contribution in [-0.4, -0.2) is 11.7 Å². The number of nitrogens with one attached hydrogen (secondary N) is 1. The molecule has 2 nitrogen and oxygen atoms in total. The summed E-state index contributed by atoms with van der Waals surface area (Å²) in [4.78, 5) is 0. The molecule has 1 heterocycles. The summed E-state index contributed by atoms with van der Waals surface area (Å²) in [5.74, 6) is -0.374. The van der Waals surface area contributed by atoms with Crippen molar-refractivity contribution in [3.8, 4) is 0 Å². The Bertz CT molecular complexity index is 718. The van der Waals surface area contributed by atoms with Crippen LogP contribution in [0.3, 0.4) is 0 Å². The molecule has 4 heteroatoms. The van der Waals surface area contributed by atoms with Crippen LogP contribution in [0.2, 0.25) is 5.02 Å². The molecule has 1 aliphatic heterocycles. The molecule has 0 aromatic heterocycles. The molecule has 2 N–H and O–H groups in total. The summed E-state index contributed by atoms with van der Waals surface area (Å²) in [6.07, 6.45) is 0.391. The molecule has 1 saturated heterocycles. The van der Waals surface area contributed by atoms with E-state index in [1.807, 2.05) is 0 Å². The number of rotatable bonds is 2. The van der Waals surface area contributed by atoms with Crippen molar-refractivity contribution in [1.82, 2.24) is 5.32 Å². The van der Waals surface area contributed by atoms with Gasteiger partial charge in [-0.1, -0.05) is 62.7 Å². The molecule has 1 aliphatic rings. The van der Waals surface area contributed by atoms with Gasteiger partial charge in [0.2, 0.25) is 0 Å². The van der Waals surface area contributed by atoms with Crippen LogP contribution < -0.4 is 5.32 Å². The van der Waals surface area contributed by atoms with Crippen LogP contribution in [0, 0.1) is 5.82 Å². The Morgan fingerprint density at radius 2 is 1.83 bits per heavy atom. The summed E-state index contributed by atoms with van der Waals surface area (Å²) in [5.41, 5.74) is 1.22. The molecule has 2 aromatic rings. The van der Waals surface area contributed by atoms with E-state index < -0.39 is 11.5 Å². The second kappa shape index (κ2) is 6.14. The molecule has 24 heavy (non-hydrogen) atoms. The van der Waals surface area contributed by atoms with Crippen LogP contribution in [0.15, 0.2) is 42.5 Å². The van der Waals surface area contributed by atoms with Gasteiger partial charge in [-0.3, -0.25) is 5.32 Å². The zero-order valence-electron chi connectivity index (χ0n) is 14.2. The van der Waals surface area contributed by atoms with Crippen molar-refractivity contribution in [1.29, 1.82) is 0 Å². The fraction of sp³-hybridized carbons (Fsp3) is 0.400. The maximum atomic E-state index is 14.2. The van der Waals surface area contributed by atoms with E-state index in [1.54, 1.807) is 12.1 Å². The van der Waals surface area contributed by atoms with Gasteiger partial charge < -0.3 is 5.11 Å². The summed E-state index contributed by atoms with van der Waals surface area (Å²) in [6, 6.07) is 12.9. The highest BCUT2D eigenvalue weighted by molar-refractivity contribution is 6.31. The van der Waals surface area contributed by atoms with E-state index in [0.717, 1.165) is 5.56 Å². The molecular formula is C20H23ClFNO. The molecule has 0 saturated carbocycles. The fourth-order valence-electron chi connectivity index (χ4n) is 3.37. The predicted octanol–water partition coefficient (Wildman–Crippen LogP) is 4.70. The Hall–Kier alpha value is -1.42. The van der Waals surface area contributed by atoms with Gasteiger partial charge in [-0.15, -0.1) is 0 Å². The molecule has 2 unspecified atom stereocenters. The van der Waals surface area contributed by atoms with Gasteiger partial charge in [-0.2, -0.15) is 0 Å². The summed E-state index contributed by atoms with van der Waals surface area (Å²) in [7, 11) is 0. The lowest BCUT2D eigenvalue weighted by molar-refractivity contribution is 0.0161. The normalized spacial score (nSPS) is 24.3. The lowest BCUT2D eigenvalue weighted by Gasteiger charge is -2.25. The third kappa shape index (κ3) is 3.21. The first-order valence-electron chi connectivity index (χ1n) is 8.23. The third-order valence-electron chi connectivity index (χ3n) is 4.81. The molecule has 0 radical (unpaired) electrons. The summed E-state index contributed by atoms with van der Waals surface area (Å²) in [5, 5.41) is 14.2. The molecule has 1 fully saturated rings. The van der Waals surface area contributed by atoms with Gasteiger partial charge in [0.1, 0.15) is 11.5 Å². The van der Waals surface area contributed by atoms with E-state index in [2.05, 4.69) is 50.4 Å². The van der Waals surface area contributed by atoms with Crippen molar-refractivity contribution >= 4 is 11.6 Å². The highest BCUT2D eigenvalue weighted by Crippen LogP contribution is 2.40. The Balaban J connectivity index is 1.85. The third-order valence-corrected chi connectivity index (χ3v) is 5.12. The minimum Gasteiger partial charge on any atom is -0.371 e. The van der Waals surface area contributed by atoms with Gasteiger partial charge in [-0.05, 0) is 28.7 Å². The average molecular weight is 348 g/mol. The molecular weight excluding hydrogens is 325 g/mol. The van der Waals surface area contributed by atoms with Crippen molar-refractivity contribution in [2.24, 2.45) is 0 Å². The Kier molecular flexibility index (Phi) is 4.45. The average Bonchev–Trinajstić information content (AvgIpc) is 2.89. The summed E-state index contributed by atoms with van der Waals surface area (Å²) >= 11 is 6.12. The predicted molar refractivity (Wildman–Crippen MR) is 95.8 cm³/mol. The molecule has 0 aliphatic carbocycles. The van der Waals surface area contributed by atoms with Crippen LogP contribution in [0.5, 0.6) is 0 Å². The highest BCUT2D eigenvalue weighted by Gasteiger charge is 2.42. The maximum absolute atomic E-state index is 14.2. The van der Waals surface area contributed by atoms with E-state index in [0.29, 0.717) is 13.0 Å². The standard InChI is InChI=1S/C20H23ClFNO/c1-19(2,3)15-9-7-13(8-10-15)14-11-20(24,23-12-14)18-16(21)5-4-6-17(18)22/h4-10,14,23-24H,11-12H2,1-3H3. The van der Waals surface area contributed by atoms with Crippen molar-refractivity contribution in [3.05, 3.63) is 70.0 Å². The summed E-state index contributed by atoms with van der Waals surface area (Å²) in [6.45, 7) is 7.12. The molecule has 0 amide bonds. The van der Waals surface area contributed by atoms with Crippen LogP contribution >= 0.6 is 11.6 Å². The Labute approximate surface area is 147 Å². The second-order valence-corrected chi connectivity index (χ2v) is 8.02. The molecule has 2 atom stereocenters. The van der Waals surface area contributed by atoms with E-state index >= 15 is 0 Å². The second-order valence-electron chi connectivity index (χ2n) is 7.61. The molecule has 3 rings (SSSR count). The molecule has 0 bridgehead atoms. The number of aliphatic hydroxyl groups is 1. The first-order chi connectivity index (χ1) is 11.2. The zero-order chi connectivity index (χ0) is 17.5.